The molecule has 0 aliphatic rings. The van der Waals surface area contributed by atoms with Crippen LogP contribution in [0.25, 0.3) is 0 Å². The van der Waals surface area contributed by atoms with Gasteiger partial charge in [0.05, 0.1) is 13.2 Å². The lowest BCUT2D eigenvalue weighted by Crippen LogP contribution is -2.20. The molecule has 3 heteroatoms. The predicted octanol–water partition coefficient (Wildman–Crippen LogP) is 2.65. The van der Waals surface area contributed by atoms with Crippen LogP contribution in [0.15, 0.2) is 17.5 Å². The summed E-state index contributed by atoms with van der Waals surface area (Å²) in [4.78, 5) is 1.30. The first-order chi connectivity index (χ1) is 6.93. The second-order valence-corrected chi connectivity index (χ2v) is 4.27. The van der Waals surface area contributed by atoms with Crippen molar-refractivity contribution in [1.29, 1.82) is 0 Å². The molecule has 1 heterocycles. The van der Waals surface area contributed by atoms with Crippen LogP contribution in [0, 0.1) is 0 Å². The quantitative estimate of drug-likeness (QED) is 0.670. The third-order valence-corrected chi connectivity index (χ3v) is 2.80. The molecule has 2 nitrogen and oxygen atoms in total. The van der Waals surface area contributed by atoms with E-state index in [-0.39, 0.29) is 0 Å². The van der Waals surface area contributed by atoms with Crippen LogP contribution in [0.4, 0.5) is 0 Å². The molecule has 14 heavy (non-hydrogen) atoms. The highest BCUT2D eigenvalue weighted by molar-refractivity contribution is 7.09. The van der Waals surface area contributed by atoms with Crippen LogP contribution in [-0.4, -0.2) is 19.7 Å². The van der Waals surface area contributed by atoms with Gasteiger partial charge in [-0.3, -0.25) is 0 Å². The first-order valence-corrected chi connectivity index (χ1v) is 6.12. The minimum atomic E-state index is 0.757. The molecule has 1 aromatic heterocycles. The van der Waals surface area contributed by atoms with Gasteiger partial charge in [0.25, 0.3) is 0 Å². The maximum atomic E-state index is 5.51. The van der Waals surface area contributed by atoms with Crippen molar-refractivity contribution in [2.24, 2.45) is 0 Å². The number of rotatable bonds is 8. The number of ether oxygens (including phenoxy) is 1. The van der Waals surface area contributed by atoms with Gasteiger partial charge in [-0.2, -0.15) is 0 Å². The van der Waals surface area contributed by atoms with Gasteiger partial charge in [-0.25, -0.2) is 0 Å². The Kier molecular flexibility index (Phi) is 6.66. The van der Waals surface area contributed by atoms with Crippen LogP contribution in [0.3, 0.4) is 0 Å². The third-order valence-electron chi connectivity index (χ3n) is 1.95. The summed E-state index contributed by atoms with van der Waals surface area (Å²) in [6.07, 6.45) is 2.51. The van der Waals surface area contributed by atoms with E-state index in [1.165, 1.54) is 17.7 Å². The Morgan fingerprint density at radius 3 is 3.07 bits per heavy atom. The van der Waals surface area contributed by atoms with E-state index in [0.29, 0.717) is 0 Å². The number of unbranched alkanes of at least 4 members (excludes halogenated alkanes) is 1. The minimum absolute atomic E-state index is 0.757. The van der Waals surface area contributed by atoms with E-state index in [1.54, 1.807) is 11.3 Å². The third kappa shape index (κ3) is 5.37. The highest BCUT2D eigenvalue weighted by Crippen LogP contribution is 2.08. The molecule has 1 N–H and O–H groups in total. The summed E-state index contributed by atoms with van der Waals surface area (Å²) in [6.45, 7) is 5.84. The maximum Gasteiger partial charge on any atom is 0.0809 e. The van der Waals surface area contributed by atoms with E-state index in [4.69, 9.17) is 4.74 Å². The van der Waals surface area contributed by atoms with Crippen LogP contribution < -0.4 is 5.32 Å². The van der Waals surface area contributed by atoms with Crippen molar-refractivity contribution in [1.82, 2.24) is 5.32 Å². The van der Waals surface area contributed by atoms with Crippen molar-refractivity contribution < 1.29 is 4.74 Å². The Bertz CT molecular complexity index is 211. The fraction of sp³-hybridized carbons (Fsp3) is 0.636. The zero-order chi connectivity index (χ0) is 10.1. The van der Waals surface area contributed by atoms with E-state index >= 15 is 0 Å². The lowest BCUT2D eigenvalue weighted by Gasteiger charge is -2.04. The van der Waals surface area contributed by atoms with Crippen LogP contribution in [0.1, 0.15) is 24.6 Å². The first kappa shape index (κ1) is 11.7. The standard InChI is InChI=1S/C11H19NOS/c1-2-3-6-12-7-8-13-10-11-5-4-9-14-11/h4-5,9,12H,2-3,6-8,10H2,1H3. The molecule has 0 atom stereocenters. The smallest absolute Gasteiger partial charge is 0.0809 e. The summed E-state index contributed by atoms with van der Waals surface area (Å²) in [5.41, 5.74) is 0. The fourth-order valence-electron chi connectivity index (χ4n) is 1.14. The summed E-state index contributed by atoms with van der Waals surface area (Å²) < 4.78 is 5.51. The van der Waals surface area contributed by atoms with E-state index in [9.17, 15) is 0 Å². The normalized spacial score (nSPS) is 10.6. The summed E-state index contributed by atoms with van der Waals surface area (Å²) in [5.74, 6) is 0. The molecule has 0 bridgehead atoms. The molecule has 0 aliphatic carbocycles. The van der Waals surface area contributed by atoms with E-state index in [2.05, 4.69) is 29.8 Å². The summed E-state index contributed by atoms with van der Waals surface area (Å²) in [5, 5.41) is 5.43. The summed E-state index contributed by atoms with van der Waals surface area (Å²) in [6, 6.07) is 4.16. The first-order valence-electron chi connectivity index (χ1n) is 5.24. The van der Waals surface area contributed by atoms with Crippen molar-refractivity contribution in [2.45, 2.75) is 26.4 Å². The molecular weight excluding hydrogens is 194 g/mol. The Hall–Kier alpha value is -0.380. The lowest BCUT2D eigenvalue weighted by molar-refractivity contribution is 0.125. The van der Waals surface area contributed by atoms with Crippen molar-refractivity contribution in [3.8, 4) is 0 Å². The Balaban J connectivity index is 1.85. The van der Waals surface area contributed by atoms with Gasteiger partial charge < -0.3 is 10.1 Å². The molecule has 0 fully saturated rings. The zero-order valence-electron chi connectivity index (χ0n) is 8.79. The molecule has 1 aromatic rings. The highest BCUT2D eigenvalue weighted by Gasteiger charge is 1.92. The van der Waals surface area contributed by atoms with Crippen molar-refractivity contribution >= 4 is 11.3 Å². The SMILES string of the molecule is CCCCNCCOCc1cccs1. The number of hydrogen-bond donors (Lipinski definition) is 1. The molecule has 0 saturated carbocycles. The largest absolute Gasteiger partial charge is 0.375 e. The summed E-state index contributed by atoms with van der Waals surface area (Å²) in [7, 11) is 0. The molecule has 0 amide bonds. The van der Waals surface area contributed by atoms with Crippen molar-refractivity contribution in [2.75, 3.05) is 19.7 Å². The number of nitrogens with one attached hydrogen (secondary N) is 1. The van der Waals surface area contributed by atoms with Crippen LogP contribution in [0.5, 0.6) is 0 Å². The molecule has 0 aliphatic heterocycles. The molecular formula is C11H19NOS. The van der Waals surface area contributed by atoms with Crippen molar-refractivity contribution in [3.05, 3.63) is 22.4 Å². The van der Waals surface area contributed by atoms with Gasteiger partial charge in [0.15, 0.2) is 0 Å². The molecule has 0 aromatic carbocycles. The second kappa shape index (κ2) is 7.97. The monoisotopic (exact) mass is 213 g/mol. The average molecular weight is 213 g/mol. The topological polar surface area (TPSA) is 21.3 Å². The Labute approximate surface area is 90.3 Å². The predicted molar refractivity (Wildman–Crippen MR) is 61.8 cm³/mol. The van der Waals surface area contributed by atoms with Crippen LogP contribution >= 0.6 is 11.3 Å². The van der Waals surface area contributed by atoms with Gasteiger partial charge in [0.2, 0.25) is 0 Å². The van der Waals surface area contributed by atoms with Crippen LogP contribution in [0.2, 0.25) is 0 Å². The summed E-state index contributed by atoms with van der Waals surface area (Å²) >= 11 is 1.75. The molecule has 0 spiro atoms. The van der Waals surface area contributed by atoms with Gasteiger partial charge in [-0.05, 0) is 24.4 Å². The maximum absolute atomic E-state index is 5.51. The van der Waals surface area contributed by atoms with E-state index in [1.807, 2.05) is 0 Å². The van der Waals surface area contributed by atoms with Gasteiger partial charge in [0.1, 0.15) is 0 Å². The second-order valence-electron chi connectivity index (χ2n) is 3.24. The number of hydrogen-bond acceptors (Lipinski definition) is 3. The van der Waals surface area contributed by atoms with Gasteiger partial charge in [0, 0.05) is 11.4 Å². The average Bonchev–Trinajstić information content (AvgIpc) is 2.69. The van der Waals surface area contributed by atoms with Gasteiger partial charge >= 0.3 is 0 Å². The van der Waals surface area contributed by atoms with E-state index in [0.717, 1.165) is 26.3 Å². The molecule has 0 saturated heterocycles. The zero-order valence-corrected chi connectivity index (χ0v) is 9.61. The highest BCUT2D eigenvalue weighted by atomic mass is 32.1. The minimum Gasteiger partial charge on any atom is -0.375 e. The molecule has 0 unspecified atom stereocenters. The van der Waals surface area contributed by atoms with Gasteiger partial charge in [-0.1, -0.05) is 19.4 Å². The number of thiophene rings is 1. The Morgan fingerprint density at radius 1 is 1.43 bits per heavy atom. The van der Waals surface area contributed by atoms with Crippen molar-refractivity contribution in [3.63, 3.8) is 0 Å². The lowest BCUT2D eigenvalue weighted by atomic mass is 10.3. The molecule has 80 valence electrons. The van der Waals surface area contributed by atoms with E-state index < -0.39 is 0 Å². The Morgan fingerprint density at radius 2 is 2.36 bits per heavy atom. The molecule has 0 radical (unpaired) electrons. The van der Waals surface area contributed by atoms with Gasteiger partial charge in [-0.15, -0.1) is 11.3 Å². The van der Waals surface area contributed by atoms with Crippen LogP contribution in [-0.2, 0) is 11.3 Å². The molecule has 1 rings (SSSR count). The fourth-order valence-corrected chi connectivity index (χ4v) is 1.78.